The molecule has 6 heteroatoms. The van der Waals surface area contributed by atoms with Crippen LogP contribution < -0.4 is 5.32 Å². The Balaban J connectivity index is 1.58. The van der Waals surface area contributed by atoms with Crippen molar-refractivity contribution >= 4 is 5.91 Å². The van der Waals surface area contributed by atoms with Crippen LogP contribution in [-0.4, -0.2) is 41.2 Å². The van der Waals surface area contributed by atoms with Gasteiger partial charge in [0.2, 0.25) is 0 Å². The number of benzene rings is 1. The largest absolute Gasteiger partial charge is 0.508 e. The van der Waals surface area contributed by atoms with E-state index in [0.29, 0.717) is 13.2 Å². The van der Waals surface area contributed by atoms with Gasteiger partial charge in [-0.25, -0.2) is 0 Å². The number of carbonyl (C=O) groups is 1. The molecule has 2 fully saturated rings. The zero-order valence-electron chi connectivity index (χ0n) is 11.7. The standard InChI is InChI=1S/C15H19NO5/c17-12-7-10(8-13(18)9-12)14(19)16-11-1-3-15(4-2-11)20-5-6-21-15/h7-9,11,17-18H,1-6H2,(H,16,19). The van der Waals surface area contributed by atoms with Crippen LogP contribution in [0.1, 0.15) is 36.0 Å². The van der Waals surface area contributed by atoms with Crippen LogP contribution in [0.5, 0.6) is 11.5 Å². The molecule has 1 amide bonds. The Morgan fingerprint density at radius 3 is 2.24 bits per heavy atom. The molecular weight excluding hydrogens is 274 g/mol. The minimum atomic E-state index is -0.440. The molecule has 0 bridgehead atoms. The fraction of sp³-hybridized carbons (Fsp3) is 0.533. The average molecular weight is 293 g/mol. The van der Waals surface area contributed by atoms with Gasteiger partial charge in [0, 0.05) is 30.5 Å². The van der Waals surface area contributed by atoms with Crippen molar-refractivity contribution in [1.29, 1.82) is 0 Å². The molecule has 1 aromatic carbocycles. The molecular formula is C15H19NO5. The highest BCUT2D eigenvalue weighted by Gasteiger charge is 2.40. The third kappa shape index (κ3) is 3.11. The van der Waals surface area contributed by atoms with Crippen LogP contribution in [0, 0.1) is 0 Å². The van der Waals surface area contributed by atoms with E-state index in [0.717, 1.165) is 25.7 Å². The van der Waals surface area contributed by atoms with Crippen LogP contribution in [0.15, 0.2) is 18.2 Å². The number of nitrogens with one attached hydrogen (secondary N) is 1. The van der Waals surface area contributed by atoms with E-state index in [-0.39, 0.29) is 29.0 Å². The second-order valence-corrected chi connectivity index (χ2v) is 5.59. The number of amides is 1. The minimum absolute atomic E-state index is 0.0559. The van der Waals surface area contributed by atoms with Crippen molar-refractivity contribution in [2.24, 2.45) is 0 Å². The summed E-state index contributed by atoms with van der Waals surface area (Å²) in [6.45, 7) is 1.28. The molecule has 1 heterocycles. The van der Waals surface area contributed by atoms with E-state index in [9.17, 15) is 15.0 Å². The summed E-state index contributed by atoms with van der Waals surface area (Å²) in [5, 5.41) is 21.8. The van der Waals surface area contributed by atoms with Gasteiger partial charge in [-0.05, 0) is 25.0 Å². The van der Waals surface area contributed by atoms with Crippen LogP contribution >= 0.6 is 0 Å². The van der Waals surface area contributed by atoms with Gasteiger partial charge < -0.3 is 25.0 Å². The summed E-state index contributed by atoms with van der Waals surface area (Å²) in [5.74, 6) is -0.994. The Bertz CT molecular complexity index is 509. The molecule has 1 spiro atoms. The van der Waals surface area contributed by atoms with Gasteiger partial charge in [0.1, 0.15) is 11.5 Å². The Labute approximate surface area is 122 Å². The SMILES string of the molecule is O=C(NC1CCC2(CC1)OCCO2)c1cc(O)cc(O)c1. The summed E-state index contributed by atoms with van der Waals surface area (Å²) in [5.41, 5.74) is 0.251. The molecule has 0 unspecified atom stereocenters. The van der Waals surface area contributed by atoms with Gasteiger partial charge >= 0.3 is 0 Å². The van der Waals surface area contributed by atoms with E-state index in [1.54, 1.807) is 0 Å². The van der Waals surface area contributed by atoms with E-state index < -0.39 is 5.79 Å². The Morgan fingerprint density at radius 2 is 1.67 bits per heavy atom. The van der Waals surface area contributed by atoms with Crippen molar-refractivity contribution in [2.45, 2.75) is 37.5 Å². The second-order valence-electron chi connectivity index (χ2n) is 5.59. The summed E-state index contributed by atoms with van der Waals surface area (Å²) < 4.78 is 11.3. The number of ether oxygens (including phenoxy) is 2. The van der Waals surface area contributed by atoms with Crippen LogP contribution in [0.25, 0.3) is 0 Å². The van der Waals surface area contributed by atoms with Gasteiger partial charge in [-0.3, -0.25) is 4.79 Å². The first kappa shape index (κ1) is 14.2. The molecule has 2 aliphatic rings. The maximum atomic E-state index is 12.1. The van der Waals surface area contributed by atoms with Gasteiger partial charge in [0.15, 0.2) is 5.79 Å². The molecule has 0 atom stereocenters. The fourth-order valence-electron chi connectivity index (χ4n) is 2.98. The lowest BCUT2D eigenvalue weighted by Crippen LogP contribution is -2.44. The lowest BCUT2D eigenvalue weighted by atomic mass is 9.90. The summed E-state index contributed by atoms with van der Waals surface area (Å²) in [6, 6.07) is 3.92. The summed E-state index contributed by atoms with van der Waals surface area (Å²) in [4.78, 5) is 12.1. The van der Waals surface area contributed by atoms with E-state index in [1.807, 2.05) is 0 Å². The summed E-state index contributed by atoms with van der Waals surface area (Å²) in [6.07, 6.45) is 3.11. The monoisotopic (exact) mass is 293 g/mol. The lowest BCUT2D eigenvalue weighted by molar-refractivity contribution is -0.179. The smallest absolute Gasteiger partial charge is 0.251 e. The molecule has 0 radical (unpaired) electrons. The molecule has 0 aromatic heterocycles. The summed E-state index contributed by atoms with van der Waals surface area (Å²) >= 11 is 0. The van der Waals surface area contributed by atoms with E-state index >= 15 is 0 Å². The molecule has 3 N–H and O–H groups in total. The predicted molar refractivity (Wildman–Crippen MR) is 74.1 cm³/mol. The minimum Gasteiger partial charge on any atom is -0.508 e. The van der Waals surface area contributed by atoms with Gasteiger partial charge in [0.25, 0.3) is 5.91 Å². The molecule has 1 aromatic rings. The van der Waals surface area contributed by atoms with Gasteiger partial charge in [-0.2, -0.15) is 0 Å². The molecule has 1 saturated carbocycles. The van der Waals surface area contributed by atoms with Crippen molar-refractivity contribution in [3.05, 3.63) is 23.8 Å². The van der Waals surface area contributed by atoms with Crippen molar-refractivity contribution in [3.8, 4) is 11.5 Å². The maximum Gasteiger partial charge on any atom is 0.251 e. The number of hydrogen-bond donors (Lipinski definition) is 3. The van der Waals surface area contributed by atoms with E-state index in [1.165, 1.54) is 18.2 Å². The molecule has 1 saturated heterocycles. The Morgan fingerprint density at radius 1 is 1.10 bits per heavy atom. The van der Waals surface area contributed by atoms with Crippen LogP contribution in [0.4, 0.5) is 0 Å². The highest BCUT2D eigenvalue weighted by molar-refractivity contribution is 5.95. The molecule has 3 rings (SSSR count). The topological polar surface area (TPSA) is 88.0 Å². The van der Waals surface area contributed by atoms with Gasteiger partial charge in [0.05, 0.1) is 13.2 Å². The zero-order chi connectivity index (χ0) is 14.9. The fourth-order valence-corrected chi connectivity index (χ4v) is 2.98. The van der Waals surface area contributed by atoms with Gasteiger partial charge in [-0.15, -0.1) is 0 Å². The van der Waals surface area contributed by atoms with E-state index in [4.69, 9.17) is 9.47 Å². The number of aromatic hydroxyl groups is 2. The first-order valence-electron chi connectivity index (χ1n) is 7.18. The lowest BCUT2D eigenvalue weighted by Gasteiger charge is -2.35. The quantitative estimate of drug-likeness (QED) is 0.769. The third-order valence-corrected chi connectivity index (χ3v) is 4.06. The molecule has 1 aliphatic heterocycles. The molecule has 6 nitrogen and oxygen atoms in total. The van der Waals surface area contributed by atoms with Crippen LogP contribution in [0.3, 0.4) is 0 Å². The molecule has 21 heavy (non-hydrogen) atoms. The number of hydrogen-bond acceptors (Lipinski definition) is 5. The normalized spacial score (nSPS) is 21.5. The predicted octanol–water partition coefficient (Wildman–Crippen LogP) is 1.51. The highest BCUT2D eigenvalue weighted by atomic mass is 16.7. The Hall–Kier alpha value is -1.79. The highest BCUT2D eigenvalue weighted by Crippen LogP contribution is 2.35. The first-order valence-corrected chi connectivity index (χ1v) is 7.18. The Kier molecular flexibility index (Phi) is 3.73. The molecule has 1 aliphatic carbocycles. The number of phenols is 2. The molecule has 114 valence electrons. The van der Waals surface area contributed by atoms with Gasteiger partial charge in [-0.1, -0.05) is 0 Å². The average Bonchev–Trinajstić information content (AvgIpc) is 2.89. The summed E-state index contributed by atoms with van der Waals surface area (Å²) in [7, 11) is 0. The van der Waals surface area contributed by atoms with Crippen LogP contribution in [0.2, 0.25) is 0 Å². The number of carbonyl (C=O) groups excluding carboxylic acids is 1. The number of phenolic OH excluding ortho intramolecular Hbond substituents is 2. The van der Waals surface area contributed by atoms with E-state index in [2.05, 4.69) is 5.32 Å². The van der Waals surface area contributed by atoms with Crippen molar-refractivity contribution in [2.75, 3.05) is 13.2 Å². The number of rotatable bonds is 2. The third-order valence-electron chi connectivity index (χ3n) is 4.06. The van der Waals surface area contributed by atoms with Crippen molar-refractivity contribution < 1.29 is 24.5 Å². The van der Waals surface area contributed by atoms with Crippen molar-refractivity contribution in [1.82, 2.24) is 5.32 Å². The van der Waals surface area contributed by atoms with Crippen LogP contribution in [-0.2, 0) is 9.47 Å². The first-order chi connectivity index (χ1) is 10.1. The second kappa shape index (κ2) is 5.54. The van der Waals surface area contributed by atoms with Crippen molar-refractivity contribution in [3.63, 3.8) is 0 Å². The zero-order valence-corrected chi connectivity index (χ0v) is 11.7. The maximum absolute atomic E-state index is 12.1.